The van der Waals surface area contributed by atoms with Gasteiger partial charge in [0.05, 0.1) is 6.26 Å². The average molecular weight is 393 g/mol. The van der Waals surface area contributed by atoms with Crippen molar-refractivity contribution in [3.8, 4) is 0 Å². The summed E-state index contributed by atoms with van der Waals surface area (Å²) in [7, 11) is 0. The van der Waals surface area contributed by atoms with Crippen LogP contribution in [0.4, 0.5) is 0 Å². The Hall–Kier alpha value is -2.87. The zero-order chi connectivity index (χ0) is 17.5. The van der Waals surface area contributed by atoms with Crippen LogP contribution in [0.1, 0.15) is 16.1 Å². The number of hydrogen-bond donors (Lipinski definition) is 3. The molecule has 1 aromatic heterocycles. The van der Waals surface area contributed by atoms with Crippen molar-refractivity contribution in [2.24, 2.45) is 0 Å². The van der Waals surface area contributed by atoms with Gasteiger partial charge in [-0.3, -0.25) is 14.4 Å². The number of carboxylic acid groups (broad SMARTS) is 1. The number of carboxylic acids is 1. The summed E-state index contributed by atoms with van der Waals surface area (Å²) in [6.45, 7) is -0.562. The van der Waals surface area contributed by atoms with Gasteiger partial charge in [0.1, 0.15) is 12.2 Å². The molecule has 8 heteroatoms. The summed E-state index contributed by atoms with van der Waals surface area (Å²) in [6.07, 6.45) is 2.77. The summed E-state index contributed by atoms with van der Waals surface area (Å²) in [4.78, 5) is 34.8. The third kappa shape index (κ3) is 5.10. The van der Waals surface area contributed by atoms with E-state index in [0.29, 0.717) is 5.56 Å². The van der Waals surface area contributed by atoms with E-state index < -0.39 is 24.3 Å². The Morgan fingerprint density at radius 2 is 1.88 bits per heavy atom. The third-order valence-corrected chi connectivity index (χ3v) is 3.35. The van der Waals surface area contributed by atoms with Gasteiger partial charge in [-0.05, 0) is 35.9 Å². The molecule has 3 N–H and O–H groups in total. The van der Waals surface area contributed by atoms with Gasteiger partial charge in [-0.25, -0.2) is 0 Å². The first-order chi connectivity index (χ1) is 11.5. The van der Waals surface area contributed by atoms with Gasteiger partial charge >= 0.3 is 5.97 Å². The van der Waals surface area contributed by atoms with Crippen molar-refractivity contribution in [2.75, 3.05) is 6.54 Å². The topological polar surface area (TPSA) is 109 Å². The minimum absolute atomic E-state index is 0.0303. The first-order valence-electron chi connectivity index (χ1n) is 6.78. The number of rotatable bonds is 6. The molecule has 0 unspecified atom stereocenters. The van der Waals surface area contributed by atoms with Gasteiger partial charge in [-0.1, -0.05) is 28.1 Å². The van der Waals surface area contributed by atoms with Gasteiger partial charge in [0.15, 0.2) is 5.76 Å². The molecule has 0 aliphatic rings. The second-order valence-corrected chi connectivity index (χ2v) is 5.53. The fraction of sp³-hybridized carbons (Fsp3) is 0.0625. The number of halogens is 1. The van der Waals surface area contributed by atoms with Gasteiger partial charge in [0.25, 0.3) is 11.8 Å². The van der Waals surface area contributed by atoms with Crippen LogP contribution in [0.5, 0.6) is 0 Å². The van der Waals surface area contributed by atoms with Gasteiger partial charge in [-0.2, -0.15) is 0 Å². The van der Waals surface area contributed by atoms with Crippen molar-refractivity contribution < 1.29 is 23.9 Å². The number of benzene rings is 1. The van der Waals surface area contributed by atoms with Crippen LogP contribution in [0.2, 0.25) is 0 Å². The van der Waals surface area contributed by atoms with Gasteiger partial charge in [-0.15, -0.1) is 0 Å². The number of furan rings is 1. The van der Waals surface area contributed by atoms with E-state index in [2.05, 4.69) is 26.6 Å². The maximum atomic E-state index is 12.1. The molecule has 0 aliphatic carbocycles. The number of carbonyl (C=O) groups is 3. The molecule has 1 aromatic carbocycles. The van der Waals surface area contributed by atoms with Crippen LogP contribution in [-0.4, -0.2) is 29.4 Å². The van der Waals surface area contributed by atoms with E-state index in [1.807, 2.05) is 0 Å². The van der Waals surface area contributed by atoms with Crippen LogP contribution >= 0.6 is 15.9 Å². The number of aliphatic carboxylic acids is 1. The molecular formula is C16H13BrN2O5. The van der Waals surface area contributed by atoms with Crippen LogP contribution in [0.15, 0.2) is 57.2 Å². The minimum atomic E-state index is -1.19. The molecule has 2 aromatic rings. The normalized spacial score (nSPS) is 11.0. The highest BCUT2D eigenvalue weighted by atomic mass is 79.9. The minimum Gasteiger partial charge on any atom is -0.480 e. The summed E-state index contributed by atoms with van der Waals surface area (Å²) in [6, 6.07) is 9.99. The summed E-state index contributed by atoms with van der Waals surface area (Å²) >= 11 is 3.30. The smallest absolute Gasteiger partial charge is 0.322 e. The fourth-order valence-electron chi connectivity index (χ4n) is 1.73. The highest BCUT2D eigenvalue weighted by Crippen LogP contribution is 2.13. The van der Waals surface area contributed by atoms with E-state index >= 15 is 0 Å². The van der Waals surface area contributed by atoms with E-state index in [1.165, 1.54) is 24.5 Å². The SMILES string of the molecule is O=C(O)CNC(=O)/C(=C\c1ccc(Br)cc1)NC(=O)c1ccco1. The van der Waals surface area contributed by atoms with E-state index in [-0.39, 0.29) is 11.5 Å². The predicted molar refractivity (Wildman–Crippen MR) is 88.9 cm³/mol. The summed E-state index contributed by atoms with van der Waals surface area (Å²) in [5, 5.41) is 13.3. The molecule has 7 nitrogen and oxygen atoms in total. The van der Waals surface area contributed by atoms with Crippen LogP contribution in [0.3, 0.4) is 0 Å². The Morgan fingerprint density at radius 3 is 2.46 bits per heavy atom. The molecular weight excluding hydrogens is 380 g/mol. The second-order valence-electron chi connectivity index (χ2n) is 4.62. The number of amides is 2. The molecule has 0 radical (unpaired) electrons. The van der Waals surface area contributed by atoms with Crippen LogP contribution < -0.4 is 10.6 Å². The van der Waals surface area contributed by atoms with E-state index in [4.69, 9.17) is 9.52 Å². The maximum absolute atomic E-state index is 12.1. The molecule has 2 rings (SSSR count). The Balaban J connectivity index is 2.23. The van der Waals surface area contributed by atoms with Gasteiger partial charge in [0.2, 0.25) is 0 Å². The summed E-state index contributed by atoms with van der Waals surface area (Å²) in [5.41, 5.74) is 0.554. The summed E-state index contributed by atoms with van der Waals surface area (Å²) in [5.74, 6) is -2.50. The molecule has 124 valence electrons. The molecule has 0 spiro atoms. The lowest BCUT2D eigenvalue weighted by atomic mass is 10.2. The van der Waals surface area contributed by atoms with Crippen LogP contribution in [-0.2, 0) is 9.59 Å². The highest BCUT2D eigenvalue weighted by Gasteiger charge is 2.16. The summed E-state index contributed by atoms with van der Waals surface area (Å²) < 4.78 is 5.83. The maximum Gasteiger partial charge on any atom is 0.322 e. The van der Waals surface area contributed by atoms with Crippen LogP contribution in [0, 0.1) is 0 Å². The molecule has 1 heterocycles. The first kappa shape index (κ1) is 17.5. The predicted octanol–water partition coefficient (Wildman–Crippen LogP) is 2.01. The van der Waals surface area contributed by atoms with Crippen molar-refractivity contribution in [1.82, 2.24) is 10.6 Å². The lowest BCUT2D eigenvalue weighted by Crippen LogP contribution is -2.37. The molecule has 0 aliphatic heterocycles. The largest absolute Gasteiger partial charge is 0.480 e. The van der Waals surface area contributed by atoms with Crippen molar-refractivity contribution in [1.29, 1.82) is 0 Å². The molecule has 0 fully saturated rings. The number of hydrogen-bond acceptors (Lipinski definition) is 4. The molecule has 0 bridgehead atoms. The molecule has 0 saturated carbocycles. The zero-order valence-corrected chi connectivity index (χ0v) is 13.9. The lowest BCUT2D eigenvalue weighted by Gasteiger charge is -2.09. The number of nitrogens with one attached hydrogen (secondary N) is 2. The molecule has 0 atom stereocenters. The van der Waals surface area contributed by atoms with Crippen molar-refractivity contribution >= 4 is 39.8 Å². The van der Waals surface area contributed by atoms with E-state index in [0.717, 1.165) is 4.47 Å². The van der Waals surface area contributed by atoms with Crippen molar-refractivity contribution in [2.45, 2.75) is 0 Å². The Bertz CT molecular complexity index is 766. The number of carbonyl (C=O) groups excluding carboxylic acids is 2. The quantitative estimate of drug-likeness (QED) is 0.651. The first-order valence-corrected chi connectivity index (χ1v) is 7.57. The fourth-order valence-corrected chi connectivity index (χ4v) is 1.99. The Morgan fingerprint density at radius 1 is 1.17 bits per heavy atom. The monoisotopic (exact) mass is 392 g/mol. The van der Waals surface area contributed by atoms with Gasteiger partial charge < -0.3 is 20.2 Å². The van der Waals surface area contributed by atoms with Gasteiger partial charge in [0, 0.05) is 4.47 Å². The Labute approximate surface area is 145 Å². The van der Waals surface area contributed by atoms with E-state index in [1.54, 1.807) is 24.3 Å². The molecule has 2 amide bonds. The Kier molecular flexibility index (Phi) is 5.91. The zero-order valence-electron chi connectivity index (χ0n) is 12.3. The molecule has 0 saturated heterocycles. The van der Waals surface area contributed by atoms with Crippen molar-refractivity contribution in [3.05, 3.63) is 64.2 Å². The van der Waals surface area contributed by atoms with Crippen molar-refractivity contribution in [3.63, 3.8) is 0 Å². The second kappa shape index (κ2) is 8.11. The third-order valence-electron chi connectivity index (χ3n) is 2.82. The highest BCUT2D eigenvalue weighted by molar-refractivity contribution is 9.10. The average Bonchev–Trinajstić information content (AvgIpc) is 3.08. The molecule has 24 heavy (non-hydrogen) atoms. The van der Waals surface area contributed by atoms with Crippen LogP contribution in [0.25, 0.3) is 6.08 Å². The lowest BCUT2D eigenvalue weighted by molar-refractivity contribution is -0.137. The van der Waals surface area contributed by atoms with E-state index in [9.17, 15) is 14.4 Å². The standard InChI is InChI=1S/C16H13BrN2O5/c17-11-5-3-10(4-6-11)8-12(15(22)18-9-14(20)21)19-16(23)13-2-1-7-24-13/h1-8H,9H2,(H,18,22)(H,19,23)(H,20,21)/b12-8+.